The standard InChI is InChI=1S/C13H17NO5S/c1-9(2)13(17)10-3-5-11(6-4-10)20(18,19)14-8-7-12(15)16/h3-6,9,14H,7-8H2,1-2H3,(H,15,16). The fraction of sp³-hybridized carbons (Fsp3) is 0.385. The molecule has 2 N–H and O–H groups in total. The Bertz CT molecular complexity index is 590. The Morgan fingerprint density at radius 3 is 2.20 bits per heavy atom. The van der Waals surface area contributed by atoms with Crippen LogP contribution in [-0.2, 0) is 14.8 Å². The minimum absolute atomic E-state index is 0.00296. The Balaban J connectivity index is 2.82. The first-order valence-electron chi connectivity index (χ1n) is 6.10. The van der Waals surface area contributed by atoms with Gasteiger partial charge in [0.1, 0.15) is 0 Å². The molecule has 1 rings (SSSR count). The molecule has 0 saturated carbocycles. The summed E-state index contributed by atoms with van der Waals surface area (Å²) in [5.74, 6) is -1.30. The van der Waals surface area contributed by atoms with Crippen molar-refractivity contribution in [3.8, 4) is 0 Å². The fourth-order valence-electron chi connectivity index (χ4n) is 1.51. The summed E-state index contributed by atoms with van der Waals surface area (Å²) in [4.78, 5) is 22.1. The minimum Gasteiger partial charge on any atom is -0.481 e. The smallest absolute Gasteiger partial charge is 0.304 e. The average Bonchev–Trinajstić information content (AvgIpc) is 2.37. The lowest BCUT2D eigenvalue weighted by molar-refractivity contribution is -0.136. The number of aliphatic carboxylic acids is 1. The summed E-state index contributed by atoms with van der Waals surface area (Å²) in [6.45, 7) is 3.35. The third kappa shape index (κ3) is 4.43. The molecule has 0 aliphatic rings. The Morgan fingerprint density at radius 2 is 1.75 bits per heavy atom. The molecule has 0 aliphatic carbocycles. The van der Waals surface area contributed by atoms with E-state index in [-0.39, 0.29) is 29.6 Å². The van der Waals surface area contributed by atoms with Gasteiger partial charge in [0.05, 0.1) is 11.3 Å². The van der Waals surface area contributed by atoms with Gasteiger partial charge in [-0.1, -0.05) is 26.0 Å². The van der Waals surface area contributed by atoms with Gasteiger partial charge < -0.3 is 5.11 Å². The Labute approximate surface area is 117 Å². The number of sulfonamides is 1. The number of benzene rings is 1. The number of ketones is 1. The maximum Gasteiger partial charge on any atom is 0.304 e. The molecular formula is C13H17NO5S. The number of carbonyl (C=O) groups is 2. The molecule has 0 aromatic heterocycles. The number of nitrogens with one attached hydrogen (secondary N) is 1. The van der Waals surface area contributed by atoms with Crippen molar-refractivity contribution in [2.45, 2.75) is 25.2 Å². The topological polar surface area (TPSA) is 101 Å². The third-order valence-corrected chi connectivity index (χ3v) is 4.08. The quantitative estimate of drug-likeness (QED) is 0.739. The van der Waals surface area contributed by atoms with Crippen molar-refractivity contribution in [3.63, 3.8) is 0 Å². The van der Waals surface area contributed by atoms with Crippen LogP contribution in [0.3, 0.4) is 0 Å². The van der Waals surface area contributed by atoms with Gasteiger partial charge >= 0.3 is 5.97 Å². The molecule has 0 radical (unpaired) electrons. The van der Waals surface area contributed by atoms with Crippen LogP contribution in [0, 0.1) is 5.92 Å². The van der Waals surface area contributed by atoms with E-state index in [1.54, 1.807) is 13.8 Å². The molecule has 7 heteroatoms. The second-order valence-electron chi connectivity index (χ2n) is 4.58. The van der Waals surface area contributed by atoms with Gasteiger partial charge in [-0.25, -0.2) is 13.1 Å². The first-order valence-corrected chi connectivity index (χ1v) is 7.58. The van der Waals surface area contributed by atoms with Crippen molar-refractivity contribution in [2.75, 3.05) is 6.54 Å². The lowest BCUT2D eigenvalue weighted by Gasteiger charge is -2.07. The summed E-state index contributed by atoms with van der Waals surface area (Å²) >= 11 is 0. The van der Waals surface area contributed by atoms with Crippen LogP contribution in [0.1, 0.15) is 30.6 Å². The zero-order valence-electron chi connectivity index (χ0n) is 11.3. The van der Waals surface area contributed by atoms with Crippen LogP contribution in [-0.4, -0.2) is 31.8 Å². The van der Waals surface area contributed by atoms with E-state index in [0.29, 0.717) is 5.56 Å². The van der Waals surface area contributed by atoms with Gasteiger partial charge in [0.2, 0.25) is 10.0 Å². The highest BCUT2D eigenvalue weighted by molar-refractivity contribution is 7.89. The zero-order chi connectivity index (χ0) is 15.3. The zero-order valence-corrected chi connectivity index (χ0v) is 12.1. The van der Waals surface area contributed by atoms with Gasteiger partial charge in [-0.3, -0.25) is 9.59 Å². The number of rotatable bonds is 7. The second kappa shape index (κ2) is 6.62. The summed E-state index contributed by atoms with van der Waals surface area (Å²) in [7, 11) is -3.74. The molecule has 0 unspecified atom stereocenters. The summed E-state index contributed by atoms with van der Waals surface area (Å²) < 4.78 is 25.9. The van der Waals surface area contributed by atoms with Gasteiger partial charge in [0.15, 0.2) is 5.78 Å². The average molecular weight is 299 g/mol. The molecule has 0 bridgehead atoms. The fourth-order valence-corrected chi connectivity index (χ4v) is 2.54. The maximum atomic E-state index is 11.8. The van der Waals surface area contributed by atoms with Crippen molar-refractivity contribution in [1.29, 1.82) is 0 Å². The number of carboxylic acids is 1. The van der Waals surface area contributed by atoms with Crippen LogP contribution < -0.4 is 4.72 Å². The predicted octanol–water partition coefficient (Wildman–Crippen LogP) is 1.28. The molecule has 0 atom stereocenters. The van der Waals surface area contributed by atoms with E-state index in [1.807, 2.05) is 0 Å². The second-order valence-corrected chi connectivity index (χ2v) is 6.35. The lowest BCUT2D eigenvalue weighted by atomic mass is 10.0. The molecule has 0 saturated heterocycles. The Kier molecular flexibility index (Phi) is 5.41. The van der Waals surface area contributed by atoms with Crippen molar-refractivity contribution in [1.82, 2.24) is 4.72 Å². The van der Waals surface area contributed by atoms with Crippen LogP contribution in [0.4, 0.5) is 0 Å². The van der Waals surface area contributed by atoms with Crippen LogP contribution in [0.5, 0.6) is 0 Å². The van der Waals surface area contributed by atoms with E-state index in [4.69, 9.17) is 5.11 Å². The molecule has 1 aromatic rings. The molecular weight excluding hydrogens is 282 g/mol. The van der Waals surface area contributed by atoms with E-state index >= 15 is 0 Å². The van der Waals surface area contributed by atoms with Crippen LogP contribution >= 0.6 is 0 Å². The number of carboxylic acid groups (broad SMARTS) is 1. The van der Waals surface area contributed by atoms with Gasteiger partial charge in [-0.15, -0.1) is 0 Å². The normalized spacial score (nSPS) is 11.6. The van der Waals surface area contributed by atoms with Crippen LogP contribution in [0.2, 0.25) is 0 Å². The summed E-state index contributed by atoms with van der Waals surface area (Å²) in [6, 6.07) is 5.57. The Hall–Kier alpha value is -1.73. The minimum atomic E-state index is -3.74. The monoisotopic (exact) mass is 299 g/mol. The highest BCUT2D eigenvalue weighted by Crippen LogP contribution is 2.13. The van der Waals surface area contributed by atoms with E-state index in [1.165, 1.54) is 24.3 Å². The van der Waals surface area contributed by atoms with E-state index in [9.17, 15) is 18.0 Å². The SMILES string of the molecule is CC(C)C(=O)c1ccc(S(=O)(=O)NCCC(=O)O)cc1. The lowest BCUT2D eigenvalue weighted by Crippen LogP contribution is -2.26. The molecule has 110 valence electrons. The van der Waals surface area contributed by atoms with Crippen molar-refractivity contribution < 1.29 is 23.1 Å². The van der Waals surface area contributed by atoms with Crippen LogP contribution in [0.15, 0.2) is 29.2 Å². The predicted molar refractivity (Wildman–Crippen MR) is 73.1 cm³/mol. The largest absolute Gasteiger partial charge is 0.481 e. The summed E-state index contributed by atoms with van der Waals surface area (Å²) in [5.41, 5.74) is 0.449. The maximum absolute atomic E-state index is 11.8. The summed E-state index contributed by atoms with van der Waals surface area (Å²) in [6.07, 6.45) is -0.289. The molecule has 0 aliphatic heterocycles. The van der Waals surface area contributed by atoms with E-state index in [2.05, 4.69) is 4.72 Å². The third-order valence-electron chi connectivity index (χ3n) is 2.60. The Morgan fingerprint density at radius 1 is 1.20 bits per heavy atom. The van der Waals surface area contributed by atoms with Gasteiger partial charge in [0, 0.05) is 18.0 Å². The number of carbonyl (C=O) groups excluding carboxylic acids is 1. The molecule has 0 amide bonds. The summed E-state index contributed by atoms with van der Waals surface area (Å²) in [5, 5.41) is 8.46. The van der Waals surface area contributed by atoms with Crippen molar-refractivity contribution in [3.05, 3.63) is 29.8 Å². The highest BCUT2D eigenvalue weighted by Gasteiger charge is 2.16. The van der Waals surface area contributed by atoms with Crippen molar-refractivity contribution in [2.24, 2.45) is 5.92 Å². The van der Waals surface area contributed by atoms with Gasteiger partial charge in [-0.2, -0.15) is 0 Å². The molecule has 0 fully saturated rings. The van der Waals surface area contributed by atoms with Crippen molar-refractivity contribution >= 4 is 21.8 Å². The molecule has 0 heterocycles. The van der Waals surface area contributed by atoms with E-state index < -0.39 is 16.0 Å². The number of Topliss-reactive ketones (excluding diaryl/α,β-unsaturated/α-hetero) is 1. The first kappa shape index (κ1) is 16.3. The van der Waals surface area contributed by atoms with Gasteiger partial charge in [0.25, 0.3) is 0 Å². The van der Waals surface area contributed by atoms with E-state index in [0.717, 1.165) is 0 Å². The first-order chi connectivity index (χ1) is 9.24. The molecule has 0 spiro atoms. The number of hydrogen-bond donors (Lipinski definition) is 2. The molecule has 6 nitrogen and oxygen atoms in total. The number of hydrogen-bond acceptors (Lipinski definition) is 4. The van der Waals surface area contributed by atoms with Gasteiger partial charge in [-0.05, 0) is 12.1 Å². The molecule has 1 aromatic carbocycles. The molecule has 20 heavy (non-hydrogen) atoms. The van der Waals surface area contributed by atoms with Crippen LogP contribution in [0.25, 0.3) is 0 Å². The highest BCUT2D eigenvalue weighted by atomic mass is 32.2.